The Bertz CT molecular complexity index is 170. The maximum atomic E-state index is 12.3. The number of hydrogen-bond donors (Lipinski definition) is 0. The third kappa shape index (κ3) is 1.30. The summed E-state index contributed by atoms with van der Waals surface area (Å²) in [4.78, 5) is 0. The second-order valence-electron chi connectivity index (χ2n) is 1.85. The molecule has 1 rings (SSSR count). The summed E-state index contributed by atoms with van der Waals surface area (Å²) in [7, 11) is 0. The summed E-state index contributed by atoms with van der Waals surface area (Å²) in [5.41, 5.74) is 0. The van der Waals surface area contributed by atoms with Crippen LogP contribution in [0.5, 0.6) is 0 Å². The molecule has 0 fully saturated rings. The molecule has 0 aromatic heterocycles. The van der Waals surface area contributed by atoms with Gasteiger partial charge >= 0.3 is 0 Å². The van der Waals surface area contributed by atoms with Crippen LogP contribution in [0.1, 0.15) is 6.42 Å². The molecule has 0 aromatic rings. The van der Waals surface area contributed by atoms with Crippen LogP contribution in [0, 0.1) is 0 Å². The smallest absolute Gasteiger partial charge is 0.200 e. The number of alkyl halides is 2. The highest BCUT2D eigenvalue weighted by molar-refractivity contribution is 6.30. The molecule has 0 bridgehead atoms. The first-order valence-electron chi connectivity index (χ1n) is 2.53. The molecule has 0 nitrogen and oxygen atoms in total. The highest BCUT2D eigenvalue weighted by Crippen LogP contribution is 2.33. The molecule has 9 heavy (non-hydrogen) atoms. The van der Waals surface area contributed by atoms with E-state index in [1.165, 1.54) is 18.2 Å². The van der Waals surface area contributed by atoms with Crippen molar-refractivity contribution in [1.82, 2.24) is 0 Å². The molecule has 0 aromatic carbocycles. The molecule has 0 saturated carbocycles. The Morgan fingerprint density at radius 3 is 2.56 bits per heavy atom. The van der Waals surface area contributed by atoms with Crippen LogP contribution in [-0.4, -0.2) is 5.92 Å². The minimum Gasteiger partial charge on any atom is -0.200 e. The van der Waals surface area contributed by atoms with E-state index < -0.39 is 5.92 Å². The highest BCUT2D eigenvalue weighted by atomic mass is 35.5. The Labute approximate surface area is 56.8 Å². The quantitative estimate of drug-likeness (QED) is 0.498. The average Bonchev–Trinajstić information content (AvgIpc) is 1.77. The molecular weight excluding hydrogens is 146 g/mol. The van der Waals surface area contributed by atoms with Gasteiger partial charge in [-0.15, -0.1) is 0 Å². The van der Waals surface area contributed by atoms with Gasteiger partial charge in [-0.3, -0.25) is 0 Å². The standard InChI is InChI=1S/C6H5ClF2/c7-5-3-1-2-4-6(5,8)9/h1-3H,4H2. The van der Waals surface area contributed by atoms with Gasteiger partial charge in [0, 0.05) is 6.42 Å². The lowest BCUT2D eigenvalue weighted by Crippen LogP contribution is -2.16. The maximum absolute atomic E-state index is 12.3. The van der Waals surface area contributed by atoms with Crippen LogP contribution in [0.25, 0.3) is 0 Å². The first kappa shape index (κ1) is 6.75. The van der Waals surface area contributed by atoms with Crippen LogP contribution in [0.15, 0.2) is 23.3 Å². The molecule has 0 atom stereocenters. The van der Waals surface area contributed by atoms with E-state index >= 15 is 0 Å². The lowest BCUT2D eigenvalue weighted by molar-refractivity contribution is 0.0522. The molecule has 0 amide bonds. The first-order chi connectivity index (χ1) is 4.13. The number of allylic oxidation sites excluding steroid dienone is 4. The monoisotopic (exact) mass is 150 g/mol. The van der Waals surface area contributed by atoms with Gasteiger partial charge in [0.15, 0.2) is 0 Å². The lowest BCUT2D eigenvalue weighted by atomic mass is 10.1. The van der Waals surface area contributed by atoms with Gasteiger partial charge in [0.1, 0.15) is 0 Å². The summed E-state index contributed by atoms with van der Waals surface area (Å²) in [5, 5.41) is -0.370. The van der Waals surface area contributed by atoms with Gasteiger partial charge in [0.25, 0.3) is 5.92 Å². The second-order valence-corrected chi connectivity index (χ2v) is 2.26. The molecule has 0 heterocycles. The van der Waals surface area contributed by atoms with E-state index in [1.54, 1.807) is 0 Å². The zero-order valence-electron chi connectivity index (χ0n) is 4.57. The van der Waals surface area contributed by atoms with Crippen LogP contribution in [0.3, 0.4) is 0 Å². The van der Waals surface area contributed by atoms with Gasteiger partial charge < -0.3 is 0 Å². The van der Waals surface area contributed by atoms with E-state index in [1.807, 2.05) is 0 Å². The lowest BCUT2D eigenvalue weighted by Gasteiger charge is -2.14. The van der Waals surface area contributed by atoms with Gasteiger partial charge in [-0.2, -0.15) is 0 Å². The van der Waals surface area contributed by atoms with E-state index in [0.717, 1.165) is 0 Å². The predicted octanol–water partition coefficient (Wildman–Crippen LogP) is 2.70. The van der Waals surface area contributed by atoms with E-state index in [-0.39, 0.29) is 11.5 Å². The zero-order chi connectivity index (χ0) is 6.91. The highest BCUT2D eigenvalue weighted by Gasteiger charge is 2.32. The van der Waals surface area contributed by atoms with Crippen molar-refractivity contribution < 1.29 is 8.78 Å². The summed E-state index contributed by atoms with van der Waals surface area (Å²) in [6.45, 7) is 0. The Hall–Kier alpha value is -0.370. The van der Waals surface area contributed by atoms with Crippen molar-refractivity contribution in [2.75, 3.05) is 0 Å². The van der Waals surface area contributed by atoms with E-state index in [0.29, 0.717) is 0 Å². The summed E-state index contributed by atoms with van der Waals surface area (Å²) in [5.74, 6) is -2.82. The minimum absolute atomic E-state index is 0.275. The molecule has 0 N–H and O–H groups in total. The van der Waals surface area contributed by atoms with Gasteiger partial charge in [-0.05, 0) is 6.08 Å². The number of hydrogen-bond acceptors (Lipinski definition) is 0. The molecule has 0 spiro atoms. The fourth-order valence-electron chi connectivity index (χ4n) is 0.588. The molecule has 1 aliphatic rings. The average molecular weight is 151 g/mol. The van der Waals surface area contributed by atoms with Crippen molar-refractivity contribution in [3.63, 3.8) is 0 Å². The fraction of sp³-hybridized carbons (Fsp3) is 0.333. The predicted molar refractivity (Wildman–Crippen MR) is 32.6 cm³/mol. The summed E-state index contributed by atoms with van der Waals surface area (Å²) in [6.07, 6.45) is 3.86. The van der Waals surface area contributed by atoms with Crippen molar-refractivity contribution in [3.05, 3.63) is 23.3 Å². The minimum atomic E-state index is -2.82. The Morgan fingerprint density at radius 2 is 2.22 bits per heavy atom. The van der Waals surface area contributed by atoms with Crippen molar-refractivity contribution >= 4 is 11.6 Å². The van der Waals surface area contributed by atoms with Gasteiger partial charge in [0.05, 0.1) is 5.03 Å². The number of rotatable bonds is 0. The molecule has 3 heteroatoms. The van der Waals surface area contributed by atoms with E-state index in [2.05, 4.69) is 0 Å². The molecular formula is C6H5ClF2. The second kappa shape index (κ2) is 2.10. The van der Waals surface area contributed by atoms with Crippen molar-refractivity contribution in [2.45, 2.75) is 12.3 Å². The van der Waals surface area contributed by atoms with Gasteiger partial charge in [-0.1, -0.05) is 23.8 Å². The Balaban J connectivity index is 2.83. The fourth-order valence-corrected chi connectivity index (χ4v) is 0.738. The summed E-state index contributed by atoms with van der Waals surface area (Å²) < 4.78 is 24.7. The van der Waals surface area contributed by atoms with Crippen molar-refractivity contribution in [3.8, 4) is 0 Å². The van der Waals surface area contributed by atoms with Crippen molar-refractivity contribution in [1.29, 1.82) is 0 Å². The van der Waals surface area contributed by atoms with Crippen LogP contribution in [0.2, 0.25) is 0 Å². The third-order valence-corrected chi connectivity index (χ3v) is 1.50. The number of halogens is 3. The van der Waals surface area contributed by atoms with Gasteiger partial charge in [-0.25, -0.2) is 8.78 Å². The van der Waals surface area contributed by atoms with Crippen LogP contribution >= 0.6 is 11.6 Å². The molecule has 0 radical (unpaired) electrons. The van der Waals surface area contributed by atoms with E-state index in [4.69, 9.17) is 11.6 Å². The molecule has 1 aliphatic carbocycles. The van der Waals surface area contributed by atoms with Crippen LogP contribution in [-0.2, 0) is 0 Å². The summed E-state index contributed by atoms with van der Waals surface area (Å²) >= 11 is 5.17. The summed E-state index contributed by atoms with van der Waals surface area (Å²) in [6, 6.07) is 0. The molecule has 50 valence electrons. The van der Waals surface area contributed by atoms with Crippen molar-refractivity contribution in [2.24, 2.45) is 0 Å². The molecule has 0 saturated heterocycles. The topological polar surface area (TPSA) is 0 Å². The Kier molecular flexibility index (Phi) is 1.58. The van der Waals surface area contributed by atoms with Crippen LogP contribution in [0.4, 0.5) is 8.78 Å². The first-order valence-corrected chi connectivity index (χ1v) is 2.91. The van der Waals surface area contributed by atoms with Gasteiger partial charge in [0.2, 0.25) is 0 Å². The normalized spacial score (nSPS) is 23.7. The largest absolute Gasteiger partial charge is 0.286 e. The SMILES string of the molecule is FC1(F)CC=CC=C1Cl. The van der Waals surface area contributed by atoms with E-state index in [9.17, 15) is 8.78 Å². The van der Waals surface area contributed by atoms with Crippen LogP contribution < -0.4 is 0 Å². The molecule has 0 unspecified atom stereocenters. The molecule has 0 aliphatic heterocycles. The Morgan fingerprint density at radius 1 is 1.56 bits per heavy atom. The maximum Gasteiger partial charge on any atom is 0.286 e. The third-order valence-electron chi connectivity index (χ3n) is 1.10. The zero-order valence-corrected chi connectivity index (χ0v) is 5.33.